The summed E-state index contributed by atoms with van der Waals surface area (Å²) in [6.07, 6.45) is 3.21. The molecule has 0 bridgehead atoms. The van der Waals surface area contributed by atoms with Gasteiger partial charge in [-0.1, -0.05) is 11.2 Å². The molecule has 10 heteroatoms. The van der Waals surface area contributed by atoms with Crippen molar-refractivity contribution in [2.45, 2.75) is 39.2 Å². The van der Waals surface area contributed by atoms with Gasteiger partial charge in [0.15, 0.2) is 5.76 Å². The molecule has 0 aliphatic carbocycles. The van der Waals surface area contributed by atoms with Crippen LogP contribution in [-0.2, 0) is 10.0 Å². The van der Waals surface area contributed by atoms with Gasteiger partial charge in [0.25, 0.3) is 0 Å². The number of sulfonamides is 1. The number of hydrogen-bond donors (Lipinski definition) is 2. The van der Waals surface area contributed by atoms with Crippen LogP contribution in [0.4, 0.5) is 15.8 Å². The van der Waals surface area contributed by atoms with Crippen molar-refractivity contribution in [3.8, 4) is 22.6 Å². The van der Waals surface area contributed by atoms with E-state index in [0.717, 1.165) is 37.6 Å². The van der Waals surface area contributed by atoms with Gasteiger partial charge >= 0.3 is 5.97 Å². The van der Waals surface area contributed by atoms with E-state index in [1.165, 1.54) is 12.1 Å². The molecular weight excluding hydrogens is 461 g/mol. The third kappa shape index (κ3) is 4.91. The number of nitrogens with zero attached hydrogens (tertiary/aromatic N) is 2. The second-order valence-electron chi connectivity index (χ2n) is 8.35. The first-order valence-electron chi connectivity index (χ1n) is 11.1. The highest BCUT2D eigenvalue weighted by atomic mass is 32.2. The van der Waals surface area contributed by atoms with Crippen molar-refractivity contribution in [2.24, 2.45) is 0 Å². The van der Waals surface area contributed by atoms with Crippen LogP contribution in [0, 0.1) is 5.82 Å². The molecule has 4 rings (SSSR count). The summed E-state index contributed by atoms with van der Waals surface area (Å²) in [4.78, 5) is 13.3. The molecule has 34 heavy (non-hydrogen) atoms. The summed E-state index contributed by atoms with van der Waals surface area (Å²) in [5.74, 6) is -1.91. The van der Waals surface area contributed by atoms with Crippen LogP contribution in [0.1, 0.15) is 43.5 Å². The Balaban J connectivity index is 1.70. The maximum absolute atomic E-state index is 14.1. The molecule has 0 amide bonds. The van der Waals surface area contributed by atoms with Crippen LogP contribution in [0.15, 0.2) is 47.0 Å². The van der Waals surface area contributed by atoms with E-state index in [4.69, 9.17) is 9.63 Å². The van der Waals surface area contributed by atoms with Crippen LogP contribution in [0.3, 0.4) is 0 Å². The summed E-state index contributed by atoms with van der Waals surface area (Å²) in [6.45, 7) is 4.54. The fourth-order valence-corrected chi connectivity index (χ4v) is 4.76. The predicted octanol–water partition coefficient (Wildman–Crippen LogP) is 4.99. The Labute approximate surface area is 197 Å². The first kappa shape index (κ1) is 23.7. The Morgan fingerprint density at radius 2 is 1.97 bits per heavy atom. The number of rotatable bonds is 7. The quantitative estimate of drug-likeness (QED) is 0.483. The smallest absolute Gasteiger partial charge is 0.338 e. The van der Waals surface area contributed by atoms with E-state index in [0.29, 0.717) is 28.3 Å². The third-order valence-corrected chi connectivity index (χ3v) is 7.34. The summed E-state index contributed by atoms with van der Waals surface area (Å²) >= 11 is 0. The number of aromatic carboxylic acids is 1. The van der Waals surface area contributed by atoms with E-state index in [-0.39, 0.29) is 11.8 Å². The van der Waals surface area contributed by atoms with Crippen molar-refractivity contribution in [3.05, 3.63) is 53.8 Å². The van der Waals surface area contributed by atoms with Gasteiger partial charge in [-0.3, -0.25) is 4.72 Å². The average molecular weight is 488 g/mol. The van der Waals surface area contributed by atoms with Crippen LogP contribution in [0.5, 0.6) is 0 Å². The molecule has 0 radical (unpaired) electrons. The van der Waals surface area contributed by atoms with Gasteiger partial charge in [-0.2, -0.15) is 0 Å². The van der Waals surface area contributed by atoms with Crippen molar-refractivity contribution in [2.75, 3.05) is 21.9 Å². The van der Waals surface area contributed by atoms with Gasteiger partial charge in [0.05, 0.1) is 22.7 Å². The number of anilines is 2. The number of benzene rings is 2. The molecule has 2 N–H and O–H groups in total. The van der Waals surface area contributed by atoms with Gasteiger partial charge in [0.2, 0.25) is 10.0 Å². The number of carboxylic acid groups (broad SMARTS) is 1. The molecular formula is C24H26FN3O5S. The van der Waals surface area contributed by atoms with Crippen LogP contribution < -0.4 is 9.62 Å². The standard InChI is InChI=1S/C24H26FN3O5S/c1-3-34(31,32)27-21-13-17(8-10-22(21)28-11-5-4-6-15(28)2)23-14-20(26-33-23)16-7-9-18(24(29)30)19(25)12-16/h7-10,12-15,27H,3-6,11H2,1-2H3,(H,29,30). The molecule has 1 aliphatic rings. The van der Waals surface area contributed by atoms with E-state index in [1.807, 2.05) is 12.1 Å². The van der Waals surface area contributed by atoms with Crippen molar-refractivity contribution < 1.29 is 27.2 Å². The van der Waals surface area contributed by atoms with Crippen LogP contribution in [-0.4, -0.2) is 43.0 Å². The summed E-state index contributed by atoms with van der Waals surface area (Å²) in [6, 6.07) is 11.0. The first-order valence-corrected chi connectivity index (χ1v) is 12.7. The van der Waals surface area contributed by atoms with Gasteiger partial charge in [0.1, 0.15) is 11.5 Å². The Morgan fingerprint density at radius 1 is 1.21 bits per heavy atom. The number of aromatic nitrogens is 1. The molecule has 8 nitrogen and oxygen atoms in total. The number of halogens is 1. The molecule has 1 atom stereocenters. The number of nitrogens with one attached hydrogen (secondary N) is 1. The van der Waals surface area contributed by atoms with Crippen LogP contribution in [0.2, 0.25) is 0 Å². The number of hydrogen-bond acceptors (Lipinski definition) is 6. The lowest BCUT2D eigenvalue weighted by molar-refractivity contribution is 0.0692. The van der Waals surface area contributed by atoms with Crippen molar-refractivity contribution in [1.82, 2.24) is 5.16 Å². The van der Waals surface area contributed by atoms with Gasteiger partial charge in [0, 0.05) is 29.8 Å². The maximum atomic E-state index is 14.1. The van der Waals surface area contributed by atoms with Crippen molar-refractivity contribution in [3.63, 3.8) is 0 Å². The number of piperidine rings is 1. The number of carboxylic acids is 1. The van der Waals surface area contributed by atoms with Crippen LogP contribution in [0.25, 0.3) is 22.6 Å². The minimum Gasteiger partial charge on any atom is -0.478 e. The highest BCUT2D eigenvalue weighted by molar-refractivity contribution is 7.92. The lowest BCUT2D eigenvalue weighted by atomic mass is 10.0. The topological polar surface area (TPSA) is 113 Å². The Bertz CT molecular complexity index is 1320. The molecule has 1 aliphatic heterocycles. The molecule has 0 saturated carbocycles. The molecule has 3 aromatic rings. The van der Waals surface area contributed by atoms with E-state index < -0.39 is 27.4 Å². The second-order valence-corrected chi connectivity index (χ2v) is 10.4. The minimum atomic E-state index is -3.52. The third-order valence-electron chi connectivity index (χ3n) is 6.04. The lowest BCUT2D eigenvalue weighted by Gasteiger charge is -2.36. The zero-order valence-electron chi connectivity index (χ0n) is 18.9. The molecule has 1 unspecified atom stereocenters. The van der Waals surface area contributed by atoms with Crippen molar-refractivity contribution >= 4 is 27.4 Å². The van der Waals surface area contributed by atoms with Gasteiger partial charge in [-0.05, 0) is 63.4 Å². The zero-order chi connectivity index (χ0) is 24.5. The largest absolute Gasteiger partial charge is 0.478 e. The lowest BCUT2D eigenvalue weighted by Crippen LogP contribution is -2.38. The molecule has 1 saturated heterocycles. The SMILES string of the molecule is CCS(=O)(=O)Nc1cc(-c2cc(-c3ccc(C(=O)O)c(F)c3)no2)ccc1N1CCCCC1C. The van der Waals surface area contributed by atoms with E-state index in [9.17, 15) is 17.6 Å². The van der Waals surface area contributed by atoms with Gasteiger partial charge in [-0.15, -0.1) is 0 Å². The molecule has 180 valence electrons. The molecule has 2 aromatic carbocycles. The zero-order valence-corrected chi connectivity index (χ0v) is 19.7. The van der Waals surface area contributed by atoms with Crippen molar-refractivity contribution in [1.29, 1.82) is 0 Å². The molecule has 1 fully saturated rings. The van der Waals surface area contributed by atoms with Gasteiger partial charge < -0.3 is 14.5 Å². The maximum Gasteiger partial charge on any atom is 0.338 e. The van der Waals surface area contributed by atoms with Gasteiger partial charge in [-0.25, -0.2) is 17.6 Å². The van der Waals surface area contributed by atoms with E-state index in [1.54, 1.807) is 19.1 Å². The number of carbonyl (C=O) groups is 1. The van der Waals surface area contributed by atoms with Crippen LogP contribution >= 0.6 is 0 Å². The highest BCUT2D eigenvalue weighted by Gasteiger charge is 2.23. The van der Waals surface area contributed by atoms with E-state index in [2.05, 4.69) is 21.7 Å². The normalized spacial score (nSPS) is 16.4. The Morgan fingerprint density at radius 3 is 2.65 bits per heavy atom. The summed E-state index contributed by atoms with van der Waals surface area (Å²) in [5.41, 5.74) is 2.13. The molecule has 2 heterocycles. The minimum absolute atomic E-state index is 0.0589. The Kier molecular flexibility index (Phi) is 6.60. The highest BCUT2D eigenvalue weighted by Crippen LogP contribution is 2.36. The Hall–Kier alpha value is -3.40. The summed E-state index contributed by atoms with van der Waals surface area (Å²) in [5, 5.41) is 13.0. The second kappa shape index (κ2) is 9.46. The average Bonchev–Trinajstić information content (AvgIpc) is 3.29. The summed E-state index contributed by atoms with van der Waals surface area (Å²) < 4.78 is 47.0. The molecule has 0 spiro atoms. The van der Waals surface area contributed by atoms with E-state index >= 15 is 0 Å². The predicted molar refractivity (Wildman–Crippen MR) is 128 cm³/mol. The molecule has 1 aromatic heterocycles. The fraction of sp³-hybridized carbons (Fsp3) is 0.333. The monoisotopic (exact) mass is 487 g/mol. The first-order chi connectivity index (χ1) is 16.2. The summed E-state index contributed by atoms with van der Waals surface area (Å²) in [7, 11) is -3.52. The fourth-order valence-electron chi connectivity index (χ4n) is 4.11.